The summed E-state index contributed by atoms with van der Waals surface area (Å²) in [5, 5.41) is 0. The second kappa shape index (κ2) is 8.11. The third kappa shape index (κ3) is 4.89. The summed E-state index contributed by atoms with van der Waals surface area (Å²) in [6.45, 7) is 0. The highest BCUT2D eigenvalue weighted by molar-refractivity contribution is 5.65. The van der Waals surface area contributed by atoms with Crippen LogP contribution >= 0.6 is 0 Å². The fraction of sp³-hybridized carbons (Fsp3) is 0.0952. The minimum atomic E-state index is -4.82. The fourth-order valence-corrected chi connectivity index (χ4v) is 2.84. The Morgan fingerprint density at radius 1 is 0.636 bits per heavy atom. The SMILES string of the molecule is Nc1ccc(-c2nccc(-c3nc(-c4ccc(C(F)(F)F)cc4)cc(C(F)(F)F)n3)n2)cn1. The molecule has 0 aliphatic rings. The Labute approximate surface area is 182 Å². The van der Waals surface area contributed by atoms with Gasteiger partial charge in [-0.25, -0.2) is 24.9 Å². The summed E-state index contributed by atoms with van der Waals surface area (Å²) in [7, 11) is 0. The number of nitrogen functional groups attached to an aromatic ring is 1. The lowest BCUT2D eigenvalue weighted by Gasteiger charge is -2.12. The first-order valence-corrected chi connectivity index (χ1v) is 9.20. The Balaban J connectivity index is 1.81. The Bertz CT molecular complexity index is 1280. The lowest BCUT2D eigenvalue weighted by atomic mass is 10.1. The highest BCUT2D eigenvalue weighted by Crippen LogP contribution is 2.34. The van der Waals surface area contributed by atoms with Crippen molar-refractivity contribution < 1.29 is 26.3 Å². The zero-order chi connectivity index (χ0) is 23.8. The highest BCUT2D eigenvalue weighted by atomic mass is 19.4. The van der Waals surface area contributed by atoms with E-state index >= 15 is 0 Å². The van der Waals surface area contributed by atoms with Gasteiger partial charge in [-0.05, 0) is 36.4 Å². The number of nitrogens with zero attached hydrogens (tertiary/aromatic N) is 5. The van der Waals surface area contributed by atoms with E-state index in [1.165, 1.54) is 24.5 Å². The molecule has 0 atom stereocenters. The molecule has 6 nitrogen and oxygen atoms in total. The maximum atomic E-state index is 13.5. The van der Waals surface area contributed by atoms with Gasteiger partial charge in [0, 0.05) is 23.5 Å². The highest BCUT2D eigenvalue weighted by Gasteiger charge is 2.34. The molecular weight excluding hydrogens is 450 g/mol. The molecule has 0 unspecified atom stereocenters. The van der Waals surface area contributed by atoms with Crippen LogP contribution in [-0.2, 0) is 12.4 Å². The Kier molecular flexibility index (Phi) is 5.44. The van der Waals surface area contributed by atoms with Crippen LogP contribution in [0.1, 0.15) is 11.3 Å². The first kappa shape index (κ1) is 22.1. The minimum Gasteiger partial charge on any atom is -0.384 e. The van der Waals surface area contributed by atoms with Gasteiger partial charge in [0.2, 0.25) is 0 Å². The zero-order valence-corrected chi connectivity index (χ0v) is 16.4. The molecule has 168 valence electrons. The molecule has 0 amide bonds. The van der Waals surface area contributed by atoms with Crippen LogP contribution in [-0.4, -0.2) is 24.9 Å². The lowest BCUT2D eigenvalue weighted by Crippen LogP contribution is -2.11. The van der Waals surface area contributed by atoms with Crippen molar-refractivity contribution in [1.29, 1.82) is 0 Å². The molecule has 4 rings (SSSR count). The van der Waals surface area contributed by atoms with Gasteiger partial charge >= 0.3 is 12.4 Å². The molecule has 0 fully saturated rings. The van der Waals surface area contributed by atoms with Gasteiger partial charge in [-0.15, -0.1) is 0 Å². The molecular formula is C21H12F6N6. The summed E-state index contributed by atoms with van der Waals surface area (Å²) in [5.41, 5.74) is 3.62. The topological polar surface area (TPSA) is 90.5 Å². The Hall–Kier alpha value is -4.09. The maximum absolute atomic E-state index is 13.5. The standard InChI is InChI=1S/C21H12F6N6/c22-20(23,24)13-4-1-11(2-5-13)15-9-16(21(25,26)27)33-19(32-15)14-7-8-29-18(31-14)12-3-6-17(28)30-10-12/h1-10H,(H2,28,30). The summed E-state index contributed by atoms with van der Waals surface area (Å²) < 4.78 is 79.0. The molecule has 12 heteroatoms. The molecule has 33 heavy (non-hydrogen) atoms. The number of aromatic nitrogens is 5. The fourth-order valence-electron chi connectivity index (χ4n) is 2.84. The number of pyridine rings is 1. The van der Waals surface area contributed by atoms with Gasteiger partial charge in [0.15, 0.2) is 11.6 Å². The number of hydrogen-bond donors (Lipinski definition) is 1. The first-order valence-electron chi connectivity index (χ1n) is 9.20. The number of anilines is 1. The van der Waals surface area contributed by atoms with Crippen LogP contribution in [0, 0.1) is 0 Å². The number of halogens is 6. The van der Waals surface area contributed by atoms with Crippen LogP contribution in [0.5, 0.6) is 0 Å². The number of benzene rings is 1. The summed E-state index contributed by atoms with van der Waals surface area (Å²) in [6.07, 6.45) is -6.69. The van der Waals surface area contributed by atoms with E-state index in [9.17, 15) is 26.3 Å². The number of alkyl halides is 6. The predicted molar refractivity (Wildman–Crippen MR) is 106 cm³/mol. The quantitative estimate of drug-likeness (QED) is 0.417. The van der Waals surface area contributed by atoms with E-state index in [0.29, 0.717) is 11.6 Å². The largest absolute Gasteiger partial charge is 0.433 e. The summed E-state index contributed by atoms with van der Waals surface area (Å²) in [5.74, 6) is 0.0427. The van der Waals surface area contributed by atoms with Gasteiger partial charge in [0.1, 0.15) is 17.2 Å². The van der Waals surface area contributed by atoms with Crippen LogP contribution in [0.3, 0.4) is 0 Å². The molecule has 3 heterocycles. The van der Waals surface area contributed by atoms with Crippen molar-refractivity contribution in [2.24, 2.45) is 0 Å². The van der Waals surface area contributed by atoms with Gasteiger partial charge in [-0.1, -0.05) is 12.1 Å². The number of rotatable bonds is 3. The molecule has 2 N–H and O–H groups in total. The van der Waals surface area contributed by atoms with Crippen LogP contribution in [0.4, 0.5) is 32.2 Å². The second-order valence-corrected chi connectivity index (χ2v) is 6.77. The second-order valence-electron chi connectivity index (χ2n) is 6.77. The van der Waals surface area contributed by atoms with Crippen LogP contribution in [0.2, 0.25) is 0 Å². The van der Waals surface area contributed by atoms with Crippen molar-refractivity contribution in [3.05, 3.63) is 72.2 Å². The average molecular weight is 462 g/mol. The van der Waals surface area contributed by atoms with Gasteiger partial charge in [0.05, 0.1) is 11.3 Å². The first-order chi connectivity index (χ1) is 15.5. The van der Waals surface area contributed by atoms with Gasteiger partial charge in [-0.2, -0.15) is 26.3 Å². The third-order valence-corrected chi connectivity index (χ3v) is 4.45. The lowest BCUT2D eigenvalue weighted by molar-refractivity contribution is -0.141. The van der Waals surface area contributed by atoms with Crippen molar-refractivity contribution in [2.45, 2.75) is 12.4 Å². The average Bonchev–Trinajstić information content (AvgIpc) is 2.78. The van der Waals surface area contributed by atoms with E-state index in [2.05, 4.69) is 24.9 Å². The van der Waals surface area contributed by atoms with Crippen LogP contribution in [0.25, 0.3) is 34.2 Å². The molecule has 0 bridgehead atoms. The van der Waals surface area contributed by atoms with Gasteiger partial charge in [0.25, 0.3) is 0 Å². The maximum Gasteiger partial charge on any atom is 0.433 e. The molecule has 4 aromatic rings. The molecule has 1 aromatic carbocycles. The zero-order valence-electron chi connectivity index (χ0n) is 16.4. The van der Waals surface area contributed by atoms with E-state index in [0.717, 1.165) is 24.3 Å². The smallest absolute Gasteiger partial charge is 0.384 e. The predicted octanol–water partition coefficient (Wildman–Crippen LogP) is 5.28. The molecule has 0 saturated carbocycles. The van der Waals surface area contributed by atoms with Crippen LogP contribution < -0.4 is 5.73 Å². The van der Waals surface area contributed by atoms with E-state index in [1.807, 2.05) is 0 Å². The van der Waals surface area contributed by atoms with Gasteiger partial charge < -0.3 is 5.73 Å². The molecule has 0 aliphatic heterocycles. The number of hydrogen-bond acceptors (Lipinski definition) is 6. The van der Waals surface area contributed by atoms with E-state index < -0.39 is 23.6 Å². The summed E-state index contributed by atoms with van der Waals surface area (Å²) in [6, 6.07) is 8.69. The van der Waals surface area contributed by atoms with Gasteiger partial charge in [-0.3, -0.25) is 0 Å². The molecule has 0 radical (unpaired) electrons. The monoisotopic (exact) mass is 462 g/mol. The number of nitrogens with two attached hydrogens (primary N) is 1. The van der Waals surface area contributed by atoms with E-state index in [-0.39, 0.29) is 34.4 Å². The van der Waals surface area contributed by atoms with Crippen molar-refractivity contribution in [3.63, 3.8) is 0 Å². The molecule has 3 aromatic heterocycles. The van der Waals surface area contributed by atoms with Crippen molar-refractivity contribution in [3.8, 4) is 34.2 Å². The minimum absolute atomic E-state index is 0.0175. The Morgan fingerprint density at radius 2 is 1.30 bits per heavy atom. The Morgan fingerprint density at radius 3 is 1.91 bits per heavy atom. The van der Waals surface area contributed by atoms with Crippen molar-refractivity contribution in [2.75, 3.05) is 5.73 Å². The van der Waals surface area contributed by atoms with Crippen LogP contribution in [0.15, 0.2) is 60.9 Å². The molecule has 0 aliphatic carbocycles. The molecule has 0 spiro atoms. The third-order valence-electron chi connectivity index (χ3n) is 4.45. The molecule has 0 saturated heterocycles. The normalized spacial score (nSPS) is 12.1. The van der Waals surface area contributed by atoms with E-state index in [4.69, 9.17) is 5.73 Å². The van der Waals surface area contributed by atoms with E-state index in [1.54, 1.807) is 6.07 Å². The summed E-state index contributed by atoms with van der Waals surface area (Å²) >= 11 is 0. The van der Waals surface area contributed by atoms with Crippen molar-refractivity contribution >= 4 is 5.82 Å². The summed E-state index contributed by atoms with van der Waals surface area (Å²) in [4.78, 5) is 19.9. The van der Waals surface area contributed by atoms with Crippen molar-refractivity contribution in [1.82, 2.24) is 24.9 Å².